The van der Waals surface area contributed by atoms with Gasteiger partial charge in [0.1, 0.15) is 5.69 Å². The molecular weight excluding hydrogens is 370 g/mol. The normalized spacial score (nSPS) is 16.3. The molecule has 2 rings (SSSR count). The van der Waals surface area contributed by atoms with Crippen molar-refractivity contribution in [3.05, 3.63) is 28.3 Å². The van der Waals surface area contributed by atoms with Gasteiger partial charge in [0.2, 0.25) is 10.0 Å². The van der Waals surface area contributed by atoms with Crippen LogP contribution in [-0.2, 0) is 14.8 Å². The van der Waals surface area contributed by atoms with E-state index in [1.165, 1.54) is 18.6 Å². The number of nitro benzene ring substituents is 1. The van der Waals surface area contributed by atoms with Crippen LogP contribution in [0.5, 0.6) is 0 Å². The van der Waals surface area contributed by atoms with Crippen LogP contribution in [0, 0.1) is 10.1 Å². The standard InChI is InChI=1S/C18H29N3O5S/c1-18(2,3)26-12-11-19-27(24,25)15-9-10-16(17(13-15)21(22)23)20-14-7-5-4-6-8-14/h9-10,13-14,19-20H,4-8,11-12H2,1-3H3. The van der Waals surface area contributed by atoms with Crippen LogP contribution in [0.1, 0.15) is 52.9 Å². The summed E-state index contributed by atoms with van der Waals surface area (Å²) in [7, 11) is -3.85. The van der Waals surface area contributed by atoms with Crippen molar-refractivity contribution >= 4 is 21.4 Å². The molecule has 1 saturated carbocycles. The third-order valence-electron chi connectivity index (χ3n) is 4.37. The summed E-state index contributed by atoms with van der Waals surface area (Å²) in [5.74, 6) is 0. The summed E-state index contributed by atoms with van der Waals surface area (Å²) in [4.78, 5) is 10.8. The lowest BCUT2D eigenvalue weighted by Gasteiger charge is -2.23. The minimum absolute atomic E-state index is 0.0927. The number of nitrogens with one attached hydrogen (secondary N) is 2. The van der Waals surface area contributed by atoms with Gasteiger partial charge in [-0.3, -0.25) is 10.1 Å². The van der Waals surface area contributed by atoms with E-state index in [-0.39, 0.29) is 35.4 Å². The predicted octanol–water partition coefficient (Wildman–Crippen LogP) is 3.43. The molecule has 152 valence electrons. The third kappa shape index (κ3) is 6.75. The van der Waals surface area contributed by atoms with E-state index in [4.69, 9.17) is 4.74 Å². The smallest absolute Gasteiger partial charge is 0.293 e. The number of anilines is 1. The van der Waals surface area contributed by atoms with Crippen LogP contribution >= 0.6 is 0 Å². The molecule has 0 heterocycles. The second kappa shape index (κ2) is 8.99. The molecule has 0 aromatic heterocycles. The molecule has 2 N–H and O–H groups in total. The molecule has 1 fully saturated rings. The molecule has 1 aliphatic rings. The van der Waals surface area contributed by atoms with Crippen molar-refractivity contribution in [2.45, 2.75) is 69.4 Å². The Kier molecular flexibility index (Phi) is 7.19. The number of rotatable bonds is 8. The van der Waals surface area contributed by atoms with Gasteiger partial charge in [-0.2, -0.15) is 0 Å². The topological polar surface area (TPSA) is 111 Å². The van der Waals surface area contributed by atoms with Gasteiger partial charge in [-0.05, 0) is 45.7 Å². The van der Waals surface area contributed by atoms with Crippen LogP contribution in [0.25, 0.3) is 0 Å². The Labute approximate surface area is 160 Å². The molecule has 0 bridgehead atoms. The second-order valence-corrected chi connectivity index (χ2v) is 9.54. The number of sulfonamides is 1. The first-order chi connectivity index (χ1) is 12.6. The Hall–Kier alpha value is -1.71. The zero-order valence-corrected chi connectivity index (χ0v) is 17.0. The zero-order valence-electron chi connectivity index (χ0n) is 16.2. The van der Waals surface area contributed by atoms with Gasteiger partial charge in [0.15, 0.2) is 0 Å². The fourth-order valence-corrected chi connectivity index (χ4v) is 4.07. The number of benzene rings is 1. The van der Waals surface area contributed by atoms with Crippen molar-refractivity contribution in [2.75, 3.05) is 18.5 Å². The van der Waals surface area contributed by atoms with Gasteiger partial charge in [-0.15, -0.1) is 0 Å². The molecule has 1 aromatic rings. The summed E-state index contributed by atoms with van der Waals surface area (Å²) in [6, 6.07) is 4.17. The van der Waals surface area contributed by atoms with Gasteiger partial charge in [0.05, 0.1) is 22.0 Å². The number of ether oxygens (including phenoxy) is 1. The summed E-state index contributed by atoms with van der Waals surface area (Å²) >= 11 is 0. The van der Waals surface area contributed by atoms with Crippen molar-refractivity contribution in [3.8, 4) is 0 Å². The molecule has 0 radical (unpaired) electrons. The summed E-state index contributed by atoms with van der Waals surface area (Å²) < 4.78 is 32.7. The second-order valence-electron chi connectivity index (χ2n) is 7.77. The highest BCUT2D eigenvalue weighted by Gasteiger charge is 2.23. The average Bonchev–Trinajstić information content (AvgIpc) is 2.59. The number of nitrogens with zero attached hydrogens (tertiary/aromatic N) is 1. The maximum absolute atomic E-state index is 12.4. The Bertz CT molecular complexity index is 753. The van der Waals surface area contributed by atoms with Crippen molar-refractivity contribution in [3.63, 3.8) is 0 Å². The number of hydrogen-bond donors (Lipinski definition) is 2. The fraction of sp³-hybridized carbons (Fsp3) is 0.667. The first-order valence-corrected chi connectivity index (χ1v) is 10.8. The molecule has 0 unspecified atom stereocenters. The molecule has 1 aromatic carbocycles. The van der Waals surface area contributed by atoms with Gasteiger partial charge < -0.3 is 10.1 Å². The Morgan fingerprint density at radius 1 is 1.22 bits per heavy atom. The van der Waals surface area contributed by atoms with Crippen LogP contribution in [0.4, 0.5) is 11.4 Å². The quantitative estimate of drug-likeness (QED) is 0.394. The van der Waals surface area contributed by atoms with Crippen LogP contribution in [0.15, 0.2) is 23.1 Å². The maximum Gasteiger partial charge on any atom is 0.293 e. The van der Waals surface area contributed by atoms with Crippen molar-refractivity contribution in [1.82, 2.24) is 4.72 Å². The lowest BCUT2D eigenvalue weighted by molar-refractivity contribution is -0.384. The molecule has 0 atom stereocenters. The van der Waals surface area contributed by atoms with Crippen molar-refractivity contribution in [2.24, 2.45) is 0 Å². The Morgan fingerprint density at radius 3 is 2.48 bits per heavy atom. The first-order valence-electron chi connectivity index (χ1n) is 9.27. The maximum atomic E-state index is 12.4. The first kappa shape index (κ1) is 21.6. The highest BCUT2D eigenvalue weighted by Crippen LogP contribution is 2.30. The van der Waals surface area contributed by atoms with E-state index in [1.807, 2.05) is 20.8 Å². The highest BCUT2D eigenvalue weighted by atomic mass is 32.2. The minimum atomic E-state index is -3.85. The van der Waals surface area contributed by atoms with Crippen LogP contribution < -0.4 is 10.0 Å². The van der Waals surface area contributed by atoms with Gasteiger partial charge in [0, 0.05) is 18.7 Å². The minimum Gasteiger partial charge on any atom is -0.377 e. The monoisotopic (exact) mass is 399 g/mol. The van der Waals surface area contributed by atoms with E-state index < -0.39 is 14.9 Å². The van der Waals surface area contributed by atoms with E-state index in [2.05, 4.69) is 10.0 Å². The van der Waals surface area contributed by atoms with Gasteiger partial charge in [0.25, 0.3) is 5.69 Å². The number of hydrogen-bond acceptors (Lipinski definition) is 6. The molecule has 0 aliphatic heterocycles. The van der Waals surface area contributed by atoms with E-state index in [0.717, 1.165) is 31.7 Å². The van der Waals surface area contributed by atoms with Crippen molar-refractivity contribution < 1.29 is 18.1 Å². The molecule has 0 spiro atoms. The summed E-state index contributed by atoms with van der Waals surface area (Å²) in [5.41, 5.74) is -0.229. The van der Waals surface area contributed by atoms with Crippen LogP contribution in [0.3, 0.4) is 0 Å². The van der Waals surface area contributed by atoms with Gasteiger partial charge >= 0.3 is 0 Å². The SMILES string of the molecule is CC(C)(C)OCCNS(=O)(=O)c1ccc(NC2CCCCC2)c([N+](=O)[O-])c1. The lowest BCUT2D eigenvalue weighted by atomic mass is 9.95. The van der Waals surface area contributed by atoms with Crippen LogP contribution in [-0.4, -0.2) is 38.1 Å². The van der Waals surface area contributed by atoms with E-state index in [9.17, 15) is 18.5 Å². The molecule has 1 aliphatic carbocycles. The van der Waals surface area contributed by atoms with E-state index >= 15 is 0 Å². The van der Waals surface area contributed by atoms with Crippen molar-refractivity contribution in [1.29, 1.82) is 0 Å². The summed E-state index contributed by atoms with van der Waals surface area (Å²) in [6.07, 6.45) is 5.30. The average molecular weight is 400 g/mol. The molecule has 8 nitrogen and oxygen atoms in total. The molecule has 27 heavy (non-hydrogen) atoms. The van der Waals surface area contributed by atoms with Gasteiger partial charge in [-0.1, -0.05) is 19.3 Å². The van der Waals surface area contributed by atoms with E-state index in [1.54, 1.807) is 0 Å². The molecular formula is C18H29N3O5S. The lowest BCUT2D eigenvalue weighted by Crippen LogP contribution is -2.30. The largest absolute Gasteiger partial charge is 0.377 e. The third-order valence-corrected chi connectivity index (χ3v) is 5.83. The Balaban J connectivity index is 2.10. The number of nitro groups is 1. The predicted molar refractivity (Wildman–Crippen MR) is 104 cm³/mol. The molecule has 9 heteroatoms. The summed E-state index contributed by atoms with van der Waals surface area (Å²) in [6.45, 7) is 5.94. The Morgan fingerprint density at radius 2 is 1.89 bits per heavy atom. The zero-order chi connectivity index (χ0) is 20.1. The summed E-state index contributed by atoms with van der Waals surface area (Å²) in [5, 5.41) is 14.6. The molecule has 0 saturated heterocycles. The van der Waals surface area contributed by atoms with Gasteiger partial charge in [-0.25, -0.2) is 13.1 Å². The fourth-order valence-electron chi connectivity index (χ4n) is 3.04. The van der Waals surface area contributed by atoms with E-state index in [0.29, 0.717) is 5.69 Å². The van der Waals surface area contributed by atoms with Crippen LogP contribution in [0.2, 0.25) is 0 Å². The molecule has 0 amide bonds. The highest BCUT2D eigenvalue weighted by molar-refractivity contribution is 7.89.